The summed E-state index contributed by atoms with van der Waals surface area (Å²) in [7, 11) is 0. The molecule has 5 nitrogen and oxygen atoms in total. The number of nitrogens with two attached hydrogens (primary N) is 1. The van der Waals surface area contributed by atoms with Gasteiger partial charge in [-0.25, -0.2) is 0 Å². The van der Waals surface area contributed by atoms with Crippen LogP contribution < -0.4 is 10.5 Å². The van der Waals surface area contributed by atoms with Gasteiger partial charge in [0.15, 0.2) is 12.4 Å². The molecule has 2 aromatic rings. The first-order chi connectivity index (χ1) is 9.15. The lowest BCUT2D eigenvalue weighted by Crippen LogP contribution is -2.20. The van der Waals surface area contributed by atoms with Crippen molar-refractivity contribution in [3.05, 3.63) is 47.3 Å². The molecule has 0 spiro atoms. The van der Waals surface area contributed by atoms with Gasteiger partial charge in [0.05, 0.1) is 5.69 Å². The minimum atomic E-state index is -0.510. The second-order valence-electron chi connectivity index (χ2n) is 4.00. The summed E-state index contributed by atoms with van der Waals surface area (Å²) in [6.07, 6.45) is 3.61. The number of primary amides is 1. The van der Waals surface area contributed by atoms with Gasteiger partial charge in [-0.15, -0.1) is 0 Å². The van der Waals surface area contributed by atoms with Crippen LogP contribution in [0.1, 0.15) is 17.0 Å². The normalized spacial score (nSPS) is 10.8. The minimum absolute atomic E-state index is 0.147. The van der Waals surface area contributed by atoms with E-state index in [0.717, 1.165) is 11.3 Å². The van der Waals surface area contributed by atoms with E-state index in [9.17, 15) is 4.79 Å². The molecule has 0 saturated heterocycles. The van der Waals surface area contributed by atoms with Gasteiger partial charge in [-0.1, -0.05) is 23.4 Å². The molecule has 0 saturated carbocycles. The van der Waals surface area contributed by atoms with Crippen molar-refractivity contribution < 1.29 is 14.1 Å². The molecule has 98 valence electrons. The van der Waals surface area contributed by atoms with Gasteiger partial charge in [0.25, 0.3) is 5.91 Å². The Kier molecular flexibility index (Phi) is 3.97. The molecule has 19 heavy (non-hydrogen) atoms. The number of amides is 1. The van der Waals surface area contributed by atoms with Crippen LogP contribution in [0.15, 0.2) is 34.9 Å². The molecule has 1 amide bonds. The van der Waals surface area contributed by atoms with Crippen molar-refractivity contribution in [1.82, 2.24) is 5.16 Å². The summed E-state index contributed by atoms with van der Waals surface area (Å²) in [5.74, 6) is 0.737. The fraction of sp³-hybridized carbons (Fsp3) is 0.143. The standard InChI is InChI=1S/C14H14N2O3/c1-10-8-12(19-16-10)7-6-11-4-2-3-5-13(11)18-9-14(15)17/h2-8H,9H2,1H3,(H2,15,17)/b7-6+. The SMILES string of the molecule is Cc1cc(/C=C/c2ccccc2OCC(N)=O)on1. The summed E-state index contributed by atoms with van der Waals surface area (Å²) in [5, 5.41) is 3.79. The molecule has 0 unspecified atom stereocenters. The molecule has 0 bridgehead atoms. The van der Waals surface area contributed by atoms with E-state index in [0.29, 0.717) is 11.5 Å². The van der Waals surface area contributed by atoms with Crippen LogP contribution in [0.4, 0.5) is 0 Å². The van der Waals surface area contributed by atoms with E-state index in [2.05, 4.69) is 5.16 Å². The Balaban J connectivity index is 2.15. The van der Waals surface area contributed by atoms with E-state index in [-0.39, 0.29) is 6.61 Å². The Hall–Kier alpha value is -2.56. The first kappa shape index (κ1) is 12.9. The molecule has 0 atom stereocenters. The topological polar surface area (TPSA) is 78.4 Å². The van der Waals surface area contributed by atoms with Gasteiger partial charge in [0, 0.05) is 11.6 Å². The Morgan fingerprint density at radius 3 is 2.89 bits per heavy atom. The molecule has 0 radical (unpaired) electrons. The Morgan fingerprint density at radius 2 is 2.21 bits per heavy atom. The molecular formula is C14H14N2O3. The first-order valence-corrected chi connectivity index (χ1v) is 5.76. The number of aryl methyl sites for hydroxylation is 1. The molecule has 5 heteroatoms. The fourth-order valence-corrected chi connectivity index (χ4v) is 1.53. The highest BCUT2D eigenvalue weighted by Crippen LogP contribution is 2.20. The molecule has 0 aliphatic carbocycles. The van der Waals surface area contributed by atoms with E-state index < -0.39 is 5.91 Å². The third kappa shape index (κ3) is 3.70. The van der Waals surface area contributed by atoms with Gasteiger partial charge >= 0.3 is 0 Å². The summed E-state index contributed by atoms with van der Waals surface area (Å²) >= 11 is 0. The number of aromatic nitrogens is 1. The van der Waals surface area contributed by atoms with Crippen LogP contribution in [0.2, 0.25) is 0 Å². The molecule has 0 aliphatic rings. The molecule has 1 aromatic carbocycles. The average molecular weight is 258 g/mol. The molecule has 2 rings (SSSR count). The number of hydrogen-bond donors (Lipinski definition) is 1. The van der Waals surface area contributed by atoms with Crippen molar-refractivity contribution in [2.45, 2.75) is 6.92 Å². The highest BCUT2D eigenvalue weighted by atomic mass is 16.5. The van der Waals surface area contributed by atoms with Crippen molar-refractivity contribution in [1.29, 1.82) is 0 Å². The van der Waals surface area contributed by atoms with Gasteiger partial charge in [0.1, 0.15) is 5.75 Å². The van der Waals surface area contributed by atoms with Crippen LogP contribution >= 0.6 is 0 Å². The van der Waals surface area contributed by atoms with Gasteiger partial charge in [-0.05, 0) is 25.1 Å². The number of carbonyl (C=O) groups is 1. The zero-order valence-corrected chi connectivity index (χ0v) is 10.5. The van der Waals surface area contributed by atoms with Gasteiger partial charge in [-0.3, -0.25) is 4.79 Å². The van der Waals surface area contributed by atoms with E-state index in [4.69, 9.17) is 15.0 Å². The molecule has 0 aliphatic heterocycles. The number of rotatable bonds is 5. The Morgan fingerprint density at radius 1 is 1.42 bits per heavy atom. The second kappa shape index (κ2) is 5.86. The predicted octanol–water partition coefficient (Wildman–Crippen LogP) is 2.02. The van der Waals surface area contributed by atoms with Crippen molar-refractivity contribution in [3.63, 3.8) is 0 Å². The molecule has 2 N–H and O–H groups in total. The Bertz CT molecular complexity index is 602. The van der Waals surface area contributed by atoms with Crippen molar-refractivity contribution in [3.8, 4) is 5.75 Å². The highest BCUT2D eigenvalue weighted by molar-refractivity contribution is 5.76. The van der Waals surface area contributed by atoms with Crippen LogP contribution in [-0.2, 0) is 4.79 Å². The molecule has 1 heterocycles. The summed E-state index contributed by atoms with van der Waals surface area (Å²) < 4.78 is 10.4. The summed E-state index contributed by atoms with van der Waals surface area (Å²) in [6, 6.07) is 9.17. The quantitative estimate of drug-likeness (QED) is 0.889. The third-order valence-corrected chi connectivity index (χ3v) is 2.36. The first-order valence-electron chi connectivity index (χ1n) is 5.76. The maximum atomic E-state index is 10.7. The van der Waals surface area contributed by atoms with Gasteiger partial charge in [0.2, 0.25) is 0 Å². The smallest absolute Gasteiger partial charge is 0.255 e. The average Bonchev–Trinajstić information content (AvgIpc) is 2.80. The Labute approximate surface area is 110 Å². The maximum absolute atomic E-state index is 10.7. The van der Waals surface area contributed by atoms with Crippen LogP contribution in [0.3, 0.4) is 0 Å². The van der Waals surface area contributed by atoms with Crippen LogP contribution in [0.5, 0.6) is 5.75 Å². The fourth-order valence-electron chi connectivity index (χ4n) is 1.53. The highest BCUT2D eigenvalue weighted by Gasteiger charge is 2.02. The lowest BCUT2D eigenvalue weighted by atomic mass is 10.2. The maximum Gasteiger partial charge on any atom is 0.255 e. The van der Waals surface area contributed by atoms with Crippen LogP contribution in [-0.4, -0.2) is 17.7 Å². The van der Waals surface area contributed by atoms with Gasteiger partial charge < -0.3 is 15.0 Å². The lowest BCUT2D eigenvalue weighted by molar-refractivity contribution is -0.119. The van der Waals surface area contributed by atoms with E-state index >= 15 is 0 Å². The number of benzene rings is 1. The van der Waals surface area contributed by atoms with Crippen molar-refractivity contribution in [2.75, 3.05) is 6.61 Å². The minimum Gasteiger partial charge on any atom is -0.483 e. The number of ether oxygens (including phenoxy) is 1. The zero-order chi connectivity index (χ0) is 13.7. The number of nitrogens with zero attached hydrogens (tertiary/aromatic N) is 1. The summed E-state index contributed by atoms with van der Waals surface area (Å²) in [6.45, 7) is 1.71. The largest absolute Gasteiger partial charge is 0.483 e. The lowest BCUT2D eigenvalue weighted by Gasteiger charge is -2.06. The van der Waals surface area contributed by atoms with Crippen molar-refractivity contribution >= 4 is 18.1 Å². The number of hydrogen-bond acceptors (Lipinski definition) is 4. The van der Waals surface area contributed by atoms with E-state index in [1.807, 2.05) is 37.3 Å². The summed E-state index contributed by atoms with van der Waals surface area (Å²) in [5.41, 5.74) is 6.70. The molecule has 1 aromatic heterocycles. The van der Waals surface area contributed by atoms with Crippen molar-refractivity contribution in [2.24, 2.45) is 5.73 Å². The van der Waals surface area contributed by atoms with Crippen LogP contribution in [0, 0.1) is 6.92 Å². The summed E-state index contributed by atoms with van der Waals surface area (Å²) in [4.78, 5) is 10.7. The van der Waals surface area contributed by atoms with E-state index in [1.165, 1.54) is 0 Å². The molecular weight excluding hydrogens is 244 g/mol. The monoisotopic (exact) mass is 258 g/mol. The van der Waals surface area contributed by atoms with E-state index in [1.54, 1.807) is 12.1 Å². The third-order valence-electron chi connectivity index (χ3n) is 2.36. The zero-order valence-electron chi connectivity index (χ0n) is 10.5. The molecule has 0 fully saturated rings. The second-order valence-corrected chi connectivity index (χ2v) is 4.00. The van der Waals surface area contributed by atoms with Crippen LogP contribution in [0.25, 0.3) is 12.2 Å². The van der Waals surface area contributed by atoms with Gasteiger partial charge in [-0.2, -0.15) is 0 Å². The predicted molar refractivity (Wildman–Crippen MR) is 71.3 cm³/mol. The number of para-hydroxylation sites is 1. The number of carbonyl (C=O) groups excluding carboxylic acids is 1.